The summed E-state index contributed by atoms with van der Waals surface area (Å²) in [5, 5.41) is 0. The van der Waals surface area contributed by atoms with Crippen molar-refractivity contribution in [3.63, 3.8) is 0 Å². The van der Waals surface area contributed by atoms with Crippen molar-refractivity contribution in [2.45, 2.75) is 26.2 Å². The van der Waals surface area contributed by atoms with Crippen molar-refractivity contribution in [1.29, 1.82) is 0 Å². The van der Waals surface area contributed by atoms with Gasteiger partial charge in [0, 0.05) is 13.1 Å². The van der Waals surface area contributed by atoms with Gasteiger partial charge in [-0.1, -0.05) is 25.8 Å². The Morgan fingerprint density at radius 2 is 2.27 bits per heavy atom. The highest BCUT2D eigenvalue weighted by Crippen LogP contribution is 2.07. The monoisotopic (exact) mass is 175 g/mol. The lowest BCUT2D eigenvalue weighted by molar-refractivity contribution is 0.454. The minimum Gasteiger partial charge on any atom is -0.313 e. The molecule has 0 fully saturated rings. The van der Waals surface area contributed by atoms with E-state index >= 15 is 0 Å². The largest absolute Gasteiger partial charge is 0.313 e. The zero-order chi connectivity index (χ0) is 8.53. The second-order valence-corrected chi connectivity index (χ2v) is 3.54. The number of hydrogen-bond acceptors (Lipinski definition) is 1. The molecule has 2 nitrogen and oxygen atoms in total. The molecule has 0 amide bonds. The normalized spacial score (nSPS) is 11.5. The smallest absolute Gasteiger partial charge is 0.127 e. The van der Waals surface area contributed by atoms with E-state index in [0.29, 0.717) is 0 Å². The van der Waals surface area contributed by atoms with Gasteiger partial charge in [0.15, 0.2) is 0 Å². The molecular formula is C8H18NOP. The predicted molar refractivity (Wildman–Crippen MR) is 51.7 cm³/mol. The van der Waals surface area contributed by atoms with Crippen LogP contribution in [0.1, 0.15) is 26.2 Å². The van der Waals surface area contributed by atoms with Crippen LogP contribution in [0.15, 0.2) is 12.7 Å². The zero-order valence-corrected chi connectivity index (χ0v) is 8.41. The maximum Gasteiger partial charge on any atom is 0.127 e. The lowest BCUT2D eigenvalue weighted by Gasteiger charge is -2.11. The molecule has 66 valence electrons. The van der Waals surface area contributed by atoms with Crippen LogP contribution in [0.2, 0.25) is 0 Å². The van der Waals surface area contributed by atoms with Gasteiger partial charge in [-0.15, -0.1) is 6.58 Å². The molecule has 0 rings (SSSR count). The van der Waals surface area contributed by atoms with Gasteiger partial charge in [-0.2, -0.15) is 0 Å². The van der Waals surface area contributed by atoms with Crippen LogP contribution in [0.25, 0.3) is 0 Å². The van der Waals surface area contributed by atoms with Crippen molar-refractivity contribution >= 4 is 8.61 Å². The SMILES string of the molecule is C=CCN(CCCCC)[PH2]=O. The van der Waals surface area contributed by atoms with Crippen LogP contribution in [-0.4, -0.2) is 17.8 Å². The minimum atomic E-state index is -0.760. The topological polar surface area (TPSA) is 20.3 Å². The fourth-order valence-corrected chi connectivity index (χ4v) is 1.44. The fraction of sp³-hybridized carbons (Fsp3) is 0.750. The summed E-state index contributed by atoms with van der Waals surface area (Å²) in [6, 6.07) is 0. The highest BCUT2D eigenvalue weighted by molar-refractivity contribution is 7.20. The summed E-state index contributed by atoms with van der Waals surface area (Å²) in [5.41, 5.74) is 0. The summed E-state index contributed by atoms with van der Waals surface area (Å²) in [4.78, 5) is 0. The molecule has 0 heterocycles. The van der Waals surface area contributed by atoms with E-state index in [1.165, 1.54) is 12.8 Å². The van der Waals surface area contributed by atoms with Crippen molar-refractivity contribution in [3.05, 3.63) is 12.7 Å². The van der Waals surface area contributed by atoms with Gasteiger partial charge in [-0.3, -0.25) is 4.67 Å². The van der Waals surface area contributed by atoms with Crippen LogP contribution in [0.5, 0.6) is 0 Å². The summed E-state index contributed by atoms with van der Waals surface area (Å²) in [6.45, 7) is 7.50. The first kappa shape index (κ1) is 10.9. The lowest BCUT2D eigenvalue weighted by Crippen LogP contribution is -2.13. The third-order valence-electron chi connectivity index (χ3n) is 1.56. The molecule has 0 aliphatic carbocycles. The molecule has 1 atom stereocenters. The molecule has 11 heavy (non-hydrogen) atoms. The Hall–Kier alpha value is -0.0700. The van der Waals surface area contributed by atoms with Crippen molar-refractivity contribution in [2.75, 3.05) is 13.1 Å². The molecule has 0 bridgehead atoms. The number of unbranched alkanes of at least 4 members (excludes halogenated alkanes) is 2. The van der Waals surface area contributed by atoms with E-state index in [1.807, 2.05) is 4.67 Å². The van der Waals surface area contributed by atoms with E-state index in [-0.39, 0.29) is 0 Å². The zero-order valence-electron chi connectivity index (χ0n) is 7.25. The molecule has 0 aromatic rings. The molecule has 0 aliphatic heterocycles. The van der Waals surface area contributed by atoms with Crippen LogP contribution >= 0.6 is 8.61 Å². The molecule has 0 saturated carbocycles. The molecule has 3 heteroatoms. The van der Waals surface area contributed by atoms with E-state index < -0.39 is 8.61 Å². The highest BCUT2D eigenvalue weighted by atomic mass is 31.1. The molecule has 0 aromatic carbocycles. The summed E-state index contributed by atoms with van der Waals surface area (Å²) in [5.74, 6) is 0. The molecule has 0 aromatic heterocycles. The van der Waals surface area contributed by atoms with E-state index in [1.54, 1.807) is 6.08 Å². The Bertz CT molecular complexity index is 117. The number of nitrogens with zero attached hydrogens (tertiary/aromatic N) is 1. The molecule has 0 spiro atoms. The van der Waals surface area contributed by atoms with Gasteiger partial charge in [0.05, 0.1) is 0 Å². The van der Waals surface area contributed by atoms with E-state index in [9.17, 15) is 4.57 Å². The molecule has 1 unspecified atom stereocenters. The van der Waals surface area contributed by atoms with Gasteiger partial charge in [-0.25, -0.2) is 0 Å². The van der Waals surface area contributed by atoms with Crippen molar-refractivity contribution in [2.24, 2.45) is 0 Å². The van der Waals surface area contributed by atoms with Crippen molar-refractivity contribution in [3.8, 4) is 0 Å². The van der Waals surface area contributed by atoms with Gasteiger partial charge in [-0.05, 0) is 6.42 Å². The average molecular weight is 175 g/mol. The molecular weight excluding hydrogens is 157 g/mol. The Morgan fingerprint density at radius 1 is 1.55 bits per heavy atom. The standard InChI is InChI=1S/C8H18NOP/c1-3-5-6-8-9(11-10)7-4-2/h4H,2-3,5-8,11H2,1H3. The summed E-state index contributed by atoms with van der Waals surface area (Å²) in [6.07, 6.45) is 5.40. The number of hydrogen-bond donors (Lipinski definition) is 0. The first-order valence-corrected chi connectivity index (χ1v) is 5.14. The lowest BCUT2D eigenvalue weighted by atomic mass is 10.2. The molecule has 0 radical (unpaired) electrons. The van der Waals surface area contributed by atoms with Crippen molar-refractivity contribution < 1.29 is 4.57 Å². The predicted octanol–water partition coefficient (Wildman–Crippen LogP) is 2.34. The maximum absolute atomic E-state index is 10.6. The van der Waals surface area contributed by atoms with E-state index in [0.717, 1.165) is 19.5 Å². The van der Waals surface area contributed by atoms with Crippen LogP contribution in [-0.2, 0) is 4.57 Å². The first-order chi connectivity index (χ1) is 5.35. The second-order valence-electron chi connectivity index (χ2n) is 2.60. The second kappa shape index (κ2) is 8.03. The van der Waals surface area contributed by atoms with Crippen LogP contribution in [0.3, 0.4) is 0 Å². The fourth-order valence-electron chi connectivity index (χ4n) is 0.918. The third kappa shape index (κ3) is 6.33. The molecule has 0 aliphatic rings. The summed E-state index contributed by atoms with van der Waals surface area (Å²) >= 11 is 0. The highest BCUT2D eigenvalue weighted by Gasteiger charge is 1.96. The Labute approximate surface area is 70.5 Å². The van der Waals surface area contributed by atoms with Crippen molar-refractivity contribution in [1.82, 2.24) is 4.67 Å². The quantitative estimate of drug-likeness (QED) is 0.336. The van der Waals surface area contributed by atoms with Crippen LogP contribution in [0.4, 0.5) is 0 Å². The van der Waals surface area contributed by atoms with Crippen LogP contribution in [0, 0.1) is 0 Å². The Kier molecular flexibility index (Phi) is 7.98. The van der Waals surface area contributed by atoms with Gasteiger partial charge in [0.25, 0.3) is 0 Å². The Morgan fingerprint density at radius 3 is 2.73 bits per heavy atom. The minimum absolute atomic E-state index is 0.760. The third-order valence-corrected chi connectivity index (χ3v) is 2.33. The summed E-state index contributed by atoms with van der Waals surface area (Å²) in [7, 11) is -0.760. The molecule has 0 N–H and O–H groups in total. The van der Waals surface area contributed by atoms with E-state index in [2.05, 4.69) is 13.5 Å². The maximum atomic E-state index is 10.6. The van der Waals surface area contributed by atoms with Gasteiger partial charge in [0.2, 0.25) is 0 Å². The van der Waals surface area contributed by atoms with Crippen LogP contribution < -0.4 is 0 Å². The van der Waals surface area contributed by atoms with E-state index in [4.69, 9.17) is 0 Å². The number of rotatable bonds is 7. The van der Waals surface area contributed by atoms with Gasteiger partial charge >= 0.3 is 0 Å². The average Bonchev–Trinajstić information content (AvgIpc) is 2.03. The summed E-state index contributed by atoms with van der Waals surface area (Å²) < 4.78 is 12.5. The van der Waals surface area contributed by atoms with Gasteiger partial charge < -0.3 is 4.57 Å². The Balaban J connectivity index is 3.35. The van der Waals surface area contributed by atoms with Gasteiger partial charge in [0.1, 0.15) is 8.61 Å². The molecule has 0 saturated heterocycles. The first-order valence-electron chi connectivity index (χ1n) is 4.15.